The van der Waals surface area contributed by atoms with Gasteiger partial charge in [0, 0.05) is 17.9 Å². The van der Waals surface area contributed by atoms with Crippen molar-refractivity contribution >= 4 is 11.6 Å². The second-order valence-corrected chi connectivity index (χ2v) is 6.27. The van der Waals surface area contributed by atoms with E-state index in [1.54, 1.807) is 0 Å². The van der Waals surface area contributed by atoms with Crippen LogP contribution in [0.4, 0.5) is 5.69 Å². The summed E-state index contributed by atoms with van der Waals surface area (Å²) in [7, 11) is 0. The topological polar surface area (TPSA) is 61.0 Å². The number of amides is 1. The van der Waals surface area contributed by atoms with E-state index in [4.69, 9.17) is 0 Å². The van der Waals surface area contributed by atoms with Crippen LogP contribution in [0.3, 0.4) is 0 Å². The number of H-pyrrole nitrogens is 1. The summed E-state index contributed by atoms with van der Waals surface area (Å²) >= 11 is 0. The fourth-order valence-corrected chi connectivity index (χ4v) is 3.03. The van der Waals surface area contributed by atoms with E-state index in [0.29, 0.717) is 6.42 Å². The predicted molar refractivity (Wildman–Crippen MR) is 91.5 cm³/mol. The molecule has 0 spiro atoms. The molecule has 0 radical (unpaired) electrons. The molecule has 122 valence electrons. The monoisotopic (exact) mass is 312 g/mol. The molecule has 0 aliphatic carbocycles. The first-order chi connectivity index (χ1) is 11.2. The van der Waals surface area contributed by atoms with E-state index in [9.17, 15) is 4.79 Å². The lowest BCUT2D eigenvalue weighted by molar-refractivity contribution is -0.115. The summed E-state index contributed by atoms with van der Waals surface area (Å²) in [5.41, 5.74) is 3.87. The zero-order valence-electron chi connectivity index (χ0n) is 13.6. The fourth-order valence-electron chi connectivity index (χ4n) is 3.03. The summed E-state index contributed by atoms with van der Waals surface area (Å²) in [6.07, 6.45) is 3.97. The van der Waals surface area contributed by atoms with Crippen LogP contribution in [0.5, 0.6) is 0 Å². The average molecular weight is 312 g/mol. The maximum Gasteiger partial charge on any atom is 0.230 e. The van der Waals surface area contributed by atoms with Gasteiger partial charge in [-0.1, -0.05) is 12.1 Å². The van der Waals surface area contributed by atoms with Crippen molar-refractivity contribution in [2.45, 2.75) is 32.6 Å². The zero-order chi connectivity index (χ0) is 16.1. The number of likely N-dealkylation sites (tertiary alicyclic amines) is 1. The molecule has 5 nitrogen and oxygen atoms in total. The van der Waals surface area contributed by atoms with Crippen molar-refractivity contribution in [1.82, 2.24) is 15.1 Å². The quantitative estimate of drug-likeness (QED) is 0.861. The van der Waals surface area contributed by atoms with Crippen LogP contribution in [0, 0.1) is 6.92 Å². The van der Waals surface area contributed by atoms with E-state index in [-0.39, 0.29) is 5.91 Å². The summed E-state index contributed by atoms with van der Waals surface area (Å²) < 4.78 is 0. The Hall–Kier alpha value is -2.14. The van der Waals surface area contributed by atoms with Gasteiger partial charge < -0.3 is 10.2 Å². The Kier molecular flexibility index (Phi) is 5.08. The van der Waals surface area contributed by atoms with Gasteiger partial charge in [-0.25, -0.2) is 0 Å². The Morgan fingerprint density at radius 1 is 1.30 bits per heavy atom. The molecule has 1 saturated heterocycles. The number of rotatable bonds is 6. The molecular weight excluding hydrogens is 288 g/mol. The molecule has 5 heteroatoms. The maximum atomic E-state index is 12.1. The fraction of sp³-hybridized carbons (Fsp3) is 0.444. The van der Waals surface area contributed by atoms with Gasteiger partial charge in [0.15, 0.2) is 0 Å². The number of carbonyl (C=O) groups is 1. The Morgan fingerprint density at radius 2 is 2.13 bits per heavy atom. The number of aromatic nitrogens is 2. The Balaban J connectivity index is 1.53. The van der Waals surface area contributed by atoms with Gasteiger partial charge in [0.05, 0.1) is 12.1 Å². The molecule has 0 bridgehead atoms. The third-order valence-corrected chi connectivity index (χ3v) is 4.23. The van der Waals surface area contributed by atoms with Gasteiger partial charge in [-0.2, -0.15) is 5.10 Å². The van der Waals surface area contributed by atoms with Crippen molar-refractivity contribution < 1.29 is 4.79 Å². The van der Waals surface area contributed by atoms with E-state index in [1.165, 1.54) is 31.5 Å². The molecule has 1 aromatic heterocycles. The first-order valence-electron chi connectivity index (χ1n) is 8.31. The van der Waals surface area contributed by atoms with Crippen LogP contribution in [-0.2, 0) is 17.6 Å². The largest absolute Gasteiger partial charge is 0.326 e. The van der Waals surface area contributed by atoms with Gasteiger partial charge in [-0.3, -0.25) is 9.89 Å². The van der Waals surface area contributed by atoms with Crippen molar-refractivity contribution in [1.29, 1.82) is 0 Å². The molecule has 1 aliphatic heterocycles. The summed E-state index contributed by atoms with van der Waals surface area (Å²) in [6, 6.07) is 10.0. The van der Waals surface area contributed by atoms with E-state index in [1.807, 2.05) is 25.1 Å². The van der Waals surface area contributed by atoms with Crippen molar-refractivity contribution in [3.05, 3.63) is 47.3 Å². The number of benzene rings is 1. The molecule has 0 atom stereocenters. The molecular formula is C18H24N4O. The molecule has 2 heterocycles. The van der Waals surface area contributed by atoms with Crippen LogP contribution in [0.15, 0.2) is 30.3 Å². The first kappa shape index (κ1) is 15.7. The highest BCUT2D eigenvalue weighted by atomic mass is 16.1. The molecule has 2 N–H and O–H groups in total. The second kappa shape index (κ2) is 7.42. The zero-order valence-corrected chi connectivity index (χ0v) is 13.6. The summed E-state index contributed by atoms with van der Waals surface area (Å²) in [6.45, 7) is 5.47. The van der Waals surface area contributed by atoms with Gasteiger partial charge >= 0.3 is 0 Å². The molecule has 1 fully saturated rings. The van der Waals surface area contributed by atoms with Crippen molar-refractivity contribution in [2.24, 2.45) is 0 Å². The molecule has 0 unspecified atom stereocenters. The molecule has 1 aliphatic rings. The van der Waals surface area contributed by atoms with Gasteiger partial charge in [0.1, 0.15) is 0 Å². The number of aromatic amines is 1. The minimum atomic E-state index is -0.0341. The normalized spacial score (nSPS) is 15.0. The SMILES string of the molecule is Cc1cc(CC(=O)Nc2cccc(CCN3CCCC3)c2)n[nH]1. The molecule has 3 rings (SSSR count). The van der Waals surface area contributed by atoms with E-state index in [0.717, 1.165) is 30.0 Å². The maximum absolute atomic E-state index is 12.1. The smallest absolute Gasteiger partial charge is 0.230 e. The predicted octanol–water partition coefficient (Wildman–Crippen LogP) is 2.54. The first-order valence-corrected chi connectivity index (χ1v) is 8.31. The van der Waals surface area contributed by atoms with Gasteiger partial charge in [0.25, 0.3) is 0 Å². The molecule has 1 aromatic carbocycles. The Bertz CT molecular complexity index is 659. The molecule has 23 heavy (non-hydrogen) atoms. The van der Waals surface area contributed by atoms with Crippen molar-refractivity contribution in [3.63, 3.8) is 0 Å². The number of nitrogens with one attached hydrogen (secondary N) is 2. The highest BCUT2D eigenvalue weighted by Crippen LogP contribution is 2.14. The molecule has 2 aromatic rings. The minimum absolute atomic E-state index is 0.0341. The van der Waals surface area contributed by atoms with Crippen molar-refractivity contribution in [3.8, 4) is 0 Å². The summed E-state index contributed by atoms with van der Waals surface area (Å²) in [5.74, 6) is -0.0341. The van der Waals surface area contributed by atoms with E-state index >= 15 is 0 Å². The number of nitrogens with zero attached hydrogens (tertiary/aromatic N) is 2. The second-order valence-electron chi connectivity index (χ2n) is 6.27. The van der Waals surface area contributed by atoms with Crippen LogP contribution in [0.2, 0.25) is 0 Å². The third kappa shape index (κ3) is 4.66. The number of carbonyl (C=O) groups excluding carboxylic acids is 1. The molecule has 1 amide bonds. The lowest BCUT2D eigenvalue weighted by Gasteiger charge is -2.14. The Labute approximate surface area is 137 Å². The van der Waals surface area contributed by atoms with Crippen LogP contribution in [-0.4, -0.2) is 40.6 Å². The average Bonchev–Trinajstić information content (AvgIpc) is 3.17. The van der Waals surface area contributed by atoms with E-state index in [2.05, 4.69) is 32.5 Å². The number of hydrogen-bond donors (Lipinski definition) is 2. The number of aryl methyl sites for hydroxylation is 1. The van der Waals surface area contributed by atoms with Crippen LogP contribution in [0.1, 0.15) is 29.8 Å². The minimum Gasteiger partial charge on any atom is -0.326 e. The molecule has 0 saturated carbocycles. The Morgan fingerprint density at radius 3 is 2.87 bits per heavy atom. The van der Waals surface area contributed by atoms with Crippen molar-refractivity contribution in [2.75, 3.05) is 25.0 Å². The van der Waals surface area contributed by atoms with Gasteiger partial charge in [-0.05, 0) is 63.0 Å². The van der Waals surface area contributed by atoms with Crippen LogP contribution in [0.25, 0.3) is 0 Å². The lowest BCUT2D eigenvalue weighted by Crippen LogP contribution is -2.22. The van der Waals surface area contributed by atoms with Crippen LogP contribution >= 0.6 is 0 Å². The van der Waals surface area contributed by atoms with Gasteiger partial charge in [-0.15, -0.1) is 0 Å². The third-order valence-electron chi connectivity index (χ3n) is 4.23. The van der Waals surface area contributed by atoms with Crippen LogP contribution < -0.4 is 5.32 Å². The van der Waals surface area contributed by atoms with E-state index < -0.39 is 0 Å². The highest BCUT2D eigenvalue weighted by Gasteiger charge is 2.11. The highest BCUT2D eigenvalue weighted by molar-refractivity contribution is 5.92. The summed E-state index contributed by atoms with van der Waals surface area (Å²) in [4.78, 5) is 14.6. The number of anilines is 1. The number of hydrogen-bond acceptors (Lipinski definition) is 3. The standard InChI is InChI=1S/C18H24N4O/c1-14-11-17(21-20-14)13-18(23)19-16-6-4-5-15(12-16)7-10-22-8-2-3-9-22/h4-6,11-12H,2-3,7-10,13H2,1H3,(H,19,23)(H,20,21). The van der Waals surface area contributed by atoms with Gasteiger partial charge in [0.2, 0.25) is 5.91 Å². The summed E-state index contributed by atoms with van der Waals surface area (Å²) in [5, 5.41) is 9.91. The lowest BCUT2D eigenvalue weighted by atomic mass is 10.1.